The van der Waals surface area contributed by atoms with Gasteiger partial charge in [-0.25, -0.2) is 0 Å². The molecule has 2 aliphatic carbocycles. The Kier molecular flexibility index (Phi) is 4.03. The number of likely N-dealkylation sites (tertiary alicyclic amines) is 1. The van der Waals surface area contributed by atoms with Crippen molar-refractivity contribution in [1.82, 2.24) is 15.1 Å². The van der Waals surface area contributed by atoms with Crippen LogP contribution in [0.4, 0.5) is 0 Å². The average molecular weight is 276 g/mol. The third-order valence-electron chi connectivity index (χ3n) is 5.51. The van der Waals surface area contributed by atoms with Crippen LogP contribution in [0.15, 0.2) is 0 Å². The van der Waals surface area contributed by atoms with Gasteiger partial charge >= 0.3 is 0 Å². The van der Waals surface area contributed by atoms with Gasteiger partial charge in [-0.15, -0.1) is 0 Å². The SMILES string of the molecule is CN(C)C1CCN(C2CCC(C#N)(NC3CC3)C2)CC1. The summed E-state index contributed by atoms with van der Waals surface area (Å²) in [6, 6.07) is 4.61. The van der Waals surface area contributed by atoms with Gasteiger partial charge in [0, 0.05) is 18.1 Å². The van der Waals surface area contributed by atoms with Crippen molar-refractivity contribution in [2.75, 3.05) is 27.2 Å². The molecule has 0 amide bonds. The Morgan fingerprint density at radius 1 is 1.15 bits per heavy atom. The summed E-state index contributed by atoms with van der Waals surface area (Å²) in [6.07, 6.45) is 8.35. The van der Waals surface area contributed by atoms with E-state index in [1.54, 1.807) is 0 Å². The van der Waals surface area contributed by atoms with Gasteiger partial charge in [0.05, 0.1) is 6.07 Å². The zero-order valence-electron chi connectivity index (χ0n) is 12.9. The van der Waals surface area contributed by atoms with Crippen LogP contribution in [-0.4, -0.2) is 60.6 Å². The topological polar surface area (TPSA) is 42.3 Å². The lowest BCUT2D eigenvalue weighted by atomic mass is 9.97. The molecule has 0 spiro atoms. The summed E-state index contributed by atoms with van der Waals surface area (Å²) in [6.45, 7) is 2.41. The molecule has 2 atom stereocenters. The first-order chi connectivity index (χ1) is 9.62. The molecule has 3 aliphatic rings. The fourth-order valence-corrected chi connectivity index (χ4v) is 3.98. The molecule has 1 N–H and O–H groups in total. The summed E-state index contributed by atoms with van der Waals surface area (Å²) in [7, 11) is 4.38. The van der Waals surface area contributed by atoms with Crippen LogP contribution in [0.5, 0.6) is 0 Å². The molecule has 3 fully saturated rings. The minimum Gasteiger partial charge on any atom is -0.306 e. The Bertz CT molecular complexity index is 376. The molecule has 3 rings (SSSR count). The predicted octanol–water partition coefficient (Wildman–Crippen LogP) is 1.58. The second-order valence-corrected chi connectivity index (χ2v) is 7.24. The van der Waals surface area contributed by atoms with Crippen molar-refractivity contribution in [3.63, 3.8) is 0 Å². The van der Waals surface area contributed by atoms with Crippen LogP contribution in [0.25, 0.3) is 0 Å². The van der Waals surface area contributed by atoms with Crippen LogP contribution in [0, 0.1) is 11.3 Å². The maximum atomic E-state index is 9.59. The summed E-state index contributed by atoms with van der Waals surface area (Å²) in [5.74, 6) is 0. The summed E-state index contributed by atoms with van der Waals surface area (Å²) in [4.78, 5) is 5.01. The highest BCUT2D eigenvalue weighted by Gasteiger charge is 2.44. The van der Waals surface area contributed by atoms with Crippen molar-refractivity contribution in [3.8, 4) is 6.07 Å². The molecule has 0 aromatic carbocycles. The Morgan fingerprint density at radius 3 is 2.40 bits per heavy atom. The third-order valence-corrected chi connectivity index (χ3v) is 5.51. The predicted molar refractivity (Wildman–Crippen MR) is 80.4 cm³/mol. The van der Waals surface area contributed by atoms with Gasteiger partial charge in [0.2, 0.25) is 0 Å². The van der Waals surface area contributed by atoms with Crippen LogP contribution in [0.1, 0.15) is 44.9 Å². The molecule has 1 aliphatic heterocycles. The molecule has 112 valence electrons. The lowest BCUT2D eigenvalue weighted by molar-refractivity contribution is 0.107. The molecule has 1 saturated heterocycles. The lowest BCUT2D eigenvalue weighted by Crippen LogP contribution is -2.48. The Labute approximate surface area is 123 Å². The van der Waals surface area contributed by atoms with E-state index in [0.29, 0.717) is 12.1 Å². The number of hydrogen-bond acceptors (Lipinski definition) is 4. The molecule has 0 bridgehead atoms. The van der Waals surface area contributed by atoms with Gasteiger partial charge in [-0.1, -0.05) is 0 Å². The highest BCUT2D eigenvalue weighted by Crippen LogP contribution is 2.36. The monoisotopic (exact) mass is 276 g/mol. The molecule has 0 radical (unpaired) electrons. The first kappa shape index (κ1) is 14.3. The molecule has 2 saturated carbocycles. The van der Waals surface area contributed by atoms with Crippen LogP contribution in [0.3, 0.4) is 0 Å². The minimum atomic E-state index is -0.218. The van der Waals surface area contributed by atoms with Gasteiger partial charge in [0.25, 0.3) is 0 Å². The Morgan fingerprint density at radius 2 is 1.85 bits per heavy atom. The van der Waals surface area contributed by atoms with Crippen molar-refractivity contribution >= 4 is 0 Å². The number of nitrogens with one attached hydrogen (secondary N) is 1. The van der Waals surface area contributed by atoms with Crippen LogP contribution < -0.4 is 5.32 Å². The molecule has 20 heavy (non-hydrogen) atoms. The highest BCUT2D eigenvalue weighted by atomic mass is 15.2. The van der Waals surface area contributed by atoms with E-state index in [-0.39, 0.29) is 5.54 Å². The first-order valence-corrected chi connectivity index (χ1v) is 8.21. The van der Waals surface area contributed by atoms with E-state index < -0.39 is 0 Å². The fourth-order valence-electron chi connectivity index (χ4n) is 3.98. The van der Waals surface area contributed by atoms with Crippen molar-refractivity contribution in [2.24, 2.45) is 0 Å². The number of rotatable bonds is 4. The summed E-state index contributed by atoms with van der Waals surface area (Å²) < 4.78 is 0. The quantitative estimate of drug-likeness (QED) is 0.846. The van der Waals surface area contributed by atoms with E-state index in [0.717, 1.165) is 18.9 Å². The van der Waals surface area contributed by atoms with E-state index in [1.807, 2.05) is 0 Å². The molecular weight excluding hydrogens is 248 g/mol. The van der Waals surface area contributed by atoms with Gasteiger partial charge < -0.3 is 9.80 Å². The smallest absolute Gasteiger partial charge is 0.108 e. The van der Waals surface area contributed by atoms with Crippen molar-refractivity contribution < 1.29 is 0 Å². The van der Waals surface area contributed by atoms with Gasteiger partial charge in [-0.2, -0.15) is 5.26 Å². The van der Waals surface area contributed by atoms with E-state index in [1.165, 1.54) is 45.2 Å². The van der Waals surface area contributed by atoms with Gasteiger partial charge in [-0.05, 0) is 72.1 Å². The molecule has 4 heteroatoms. The summed E-state index contributed by atoms with van der Waals surface area (Å²) >= 11 is 0. The van der Waals surface area contributed by atoms with Gasteiger partial charge in [0.1, 0.15) is 5.54 Å². The van der Waals surface area contributed by atoms with Gasteiger partial charge in [-0.3, -0.25) is 5.32 Å². The number of nitrogens with zero attached hydrogens (tertiary/aromatic N) is 3. The molecule has 0 aromatic heterocycles. The first-order valence-electron chi connectivity index (χ1n) is 8.21. The Hall–Kier alpha value is -0.630. The molecule has 0 aromatic rings. The standard InChI is InChI=1S/C16H28N4/c1-19(2)14-6-9-20(10-7-14)15-5-8-16(11-15,12-17)18-13-3-4-13/h13-15,18H,3-11H2,1-2H3. The second-order valence-electron chi connectivity index (χ2n) is 7.24. The van der Waals surface area contributed by atoms with Crippen molar-refractivity contribution in [1.29, 1.82) is 5.26 Å². The number of nitriles is 1. The second kappa shape index (κ2) is 5.63. The molecule has 2 unspecified atom stereocenters. The summed E-state index contributed by atoms with van der Waals surface area (Å²) in [5.41, 5.74) is -0.218. The fraction of sp³-hybridized carbons (Fsp3) is 0.938. The lowest BCUT2D eigenvalue weighted by Gasteiger charge is -2.38. The maximum absolute atomic E-state index is 9.59. The molecule has 1 heterocycles. The van der Waals surface area contributed by atoms with E-state index >= 15 is 0 Å². The zero-order chi connectivity index (χ0) is 14.2. The number of hydrogen-bond donors (Lipinski definition) is 1. The van der Waals surface area contributed by atoms with Gasteiger partial charge in [0.15, 0.2) is 0 Å². The largest absolute Gasteiger partial charge is 0.306 e. The van der Waals surface area contributed by atoms with Crippen LogP contribution in [-0.2, 0) is 0 Å². The Balaban J connectivity index is 1.53. The summed E-state index contributed by atoms with van der Waals surface area (Å²) in [5, 5.41) is 13.2. The van der Waals surface area contributed by atoms with Crippen LogP contribution in [0.2, 0.25) is 0 Å². The van der Waals surface area contributed by atoms with E-state index in [2.05, 4.69) is 35.3 Å². The third kappa shape index (κ3) is 3.00. The average Bonchev–Trinajstić information content (AvgIpc) is 3.16. The highest BCUT2D eigenvalue weighted by molar-refractivity contribution is 5.15. The van der Waals surface area contributed by atoms with E-state index in [4.69, 9.17) is 0 Å². The van der Waals surface area contributed by atoms with Crippen LogP contribution >= 0.6 is 0 Å². The van der Waals surface area contributed by atoms with E-state index in [9.17, 15) is 5.26 Å². The zero-order valence-corrected chi connectivity index (χ0v) is 12.9. The normalized spacial score (nSPS) is 36.4. The van der Waals surface area contributed by atoms with Crippen molar-refractivity contribution in [3.05, 3.63) is 0 Å². The molecular formula is C16H28N4. The van der Waals surface area contributed by atoms with Crippen molar-refractivity contribution in [2.45, 2.75) is 68.6 Å². The maximum Gasteiger partial charge on any atom is 0.108 e. The molecule has 4 nitrogen and oxygen atoms in total. The minimum absolute atomic E-state index is 0.218. The number of piperidine rings is 1.